The average Bonchev–Trinajstić information content (AvgIpc) is 3.33. The van der Waals surface area contributed by atoms with Crippen LogP contribution in [0.25, 0.3) is 17.1 Å². The first-order valence-corrected chi connectivity index (χ1v) is 12.5. The lowest BCUT2D eigenvalue weighted by Crippen LogP contribution is -2.34. The maximum absolute atomic E-state index is 12.5. The number of hydrogen-bond acceptors (Lipinski definition) is 7. The number of methoxy groups -OCH3 is 2. The van der Waals surface area contributed by atoms with E-state index in [9.17, 15) is 9.90 Å². The Morgan fingerprint density at radius 2 is 1.78 bits per heavy atom. The summed E-state index contributed by atoms with van der Waals surface area (Å²) in [7, 11) is 2.87. The number of ether oxygens (including phenoxy) is 2. The molecule has 0 aliphatic carbocycles. The van der Waals surface area contributed by atoms with Gasteiger partial charge in [-0.1, -0.05) is 29.3 Å². The molecule has 0 unspecified atom stereocenters. The van der Waals surface area contributed by atoms with Crippen LogP contribution in [-0.4, -0.2) is 47.4 Å². The molecule has 0 bridgehead atoms. The van der Waals surface area contributed by atoms with Crippen molar-refractivity contribution < 1.29 is 23.9 Å². The van der Waals surface area contributed by atoms with Crippen molar-refractivity contribution in [1.82, 2.24) is 15.6 Å². The number of thioether (sulfide) groups is 1. The maximum atomic E-state index is 12.5. The number of aromatic amines is 1. The van der Waals surface area contributed by atoms with Crippen molar-refractivity contribution in [2.45, 2.75) is 12.1 Å². The molecule has 0 radical (unpaired) electrons. The van der Waals surface area contributed by atoms with Gasteiger partial charge in [0.2, 0.25) is 5.75 Å². The van der Waals surface area contributed by atoms with Gasteiger partial charge in [-0.25, -0.2) is 5.43 Å². The lowest BCUT2D eigenvalue weighted by molar-refractivity contribution is -0.625. The van der Waals surface area contributed by atoms with Gasteiger partial charge in [-0.3, -0.25) is 4.79 Å². The highest BCUT2D eigenvalue weighted by molar-refractivity contribution is 7.99. The van der Waals surface area contributed by atoms with Crippen LogP contribution in [-0.2, 0) is 4.79 Å². The molecule has 0 atom stereocenters. The summed E-state index contributed by atoms with van der Waals surface area (Å²) in [6.07, 6.45) is 1.44. The van der Waals surface area contributed by atoms with Crippen LogP contribution in [0.5, 0.6) is 17.2 Å². The number of aromatic nitrogens is 3. The third kappa shape index (κ3) is 6.22. The molecule has 0 saturated heterocycles. The molecule has 0 aliphatic heterocycles. The standard InChI is InChI=1S/C26H24ClN5O4S/c1-16-4-6-18(7-5-16)25-30-31-26(32(25)20-10-8-19(27)9-11-20)37-15-23(33)29-28-14-17-12-21(35-2)24(34)22(13-17)36-3/h4-14H,15H2,1-3H3,(H2,28,29,33,34)/p+1. The molecular formula is C26H25ClN5O4S+. The summed E-state index contributed by atoms with van der Waals surface area (Å²) in [5, 5.41) is 22.8. The number of hydrazone groups is 1. The molecule has 3 N–H and O–H groups in total. The van der Waals surface area contributed by atoms with Gasteiger partial charge in [-0.2, -0.15) is 9.67 Å². The van der Waals surface area contributed by atoms with Crippen molar-refractivity contribution in [3.63, 3.8) is 0 Å². The predicted molar refractivity (Wildman–Crippen MR) is 143 cm³/mol. The zero-order valence-corrected chi connectivity index (χ0v) is 21.9. The molecule has 3 aromatic carbocycles. The molecule has 11 heteroatoms. The fourth-order valence-electron chi connectivity index (χ4n) is 3.46. The van der Waals surface area contributed by atoms with E-state index < -0.39 is 0 Å². The van der Waals surface area contributed by atoms with Gasteiger partial charge in [-0.15, -0.1) is 5.10 Å². The van der Waals surface area contributed by atoms with Crippen LogP contribution in [0, 0.1) is 6.92 Å². The van der Waals surface area contributed by atoms with Crippen LogP contribution in [0.1, 0.15) is 11.1 Å². The van der Waals surface area contributed by atoms with Gasteiger partial charge in [-0.05, 0) is 67.2 Å². The first-order chi connectivity index (χ1) is 17.9. The topological polar surface area (TPSA) is 113 Å². The van der Waals surface area contributed by atoms with Gasteiger partial charge in [0.25, 0.3) is 11.7 Å². The fourth-order valence-corrected chi connectivity index (χ4v) is 4.34. The number of aryl methyl sites for hydroxylation is 1. The SMILES string of the molecule is COc1cc(C=NNC(=O)CSc2n[nH]c(-c3ccc(C)cc3)[n+]2-c2ccc(Cl)cc2)cc(OC)c1O. The van der Waals surface area contributed by atoms with Crippen LogP contribution in [0.4, 0.5) is 0 Å². The Morgan fingerprint density at radius 3 is 2.41 bits per heavy atom. The fraction of sp³-hybridized carbons (Fsp3) is 0.154. The van der Waals surface area contributed by atoms with Crippen LogP contribution in [0.2, 0.25) is 5.02 Å². The van der Waals surface area contributed by atoms with E-state index in [1.165, 1.54) is 32.2 Å². The number of carbonyl (C=O) groups excluding carboxylic acids is 1. The van der Waals surface area contributed by atoms with Crippen LogP contribution >= 0.6 is 23.4 Å². The van der Waals surface area contributed by atoms with Crippen molar-refractivity contribution in [3.05, 3.63) is 76.8 Å². The Hall–Kier alpha value is -4.02. The predicted octanol–water partition coefficient (Wildman–Crippen LogP) is 4.28. The number of hydrogen-bond donors (Lipinski definition) is 3. The number of aromatic hydroxyl groups is 1. The van der Waals surface area contributed by atoms with E-state index in [0.717, 1.165) is 22.6 Å². The largest absolute Gasteiger partial charge is 0.502 e. The van der Waals surface area contributed by atoms with E-state index >= 15 is 0 Å². The van der Waals surface area contributed by atoms with Gasteiger partial charge in [0.15, 0.2) is 11.5 Å². The minimum Gasteiger partial charge on any atom is -0.502 e. The number of halogens is 1. The molecule has 190 valence electrons. The molecular weight excluding hydrogens is 514 g/mol. The summed E-state index contributed by atoms with van der Waals surface area (Å²) < 4.78 is 12.2. The summed E-state index contributed by atoms with van der Waals surface area (Å²) in [6, 6.07) is 18.6. The normalized spacial score (nSPS) is 11.0. The van der Waals surface area contributed by atoms with E-state index in [0.29, 0.717) is 15.7 Å². The summed E-state index contributed by atoms with van der Waals surface area (Å²) in [5.74, 6) is 0.890. The number of carbonyl (C=O) groups is 1. The van der Waals surface area contributed by atoms with Crippen molar-refractivity contribution in [2.75, 3.05) is 20.0 Å². The maximum Gasteiger partial charge on any atom is 0.342 e. The highest BCUT2D eigenvalue weighted by atomic mass is 35.5. The van der Waals surface area contributed by atoms with Gasteiger partial charge in [0.05, 0.1) is 36.8 Å². The zero-order chi connectivity index (χ0) is 26.4. The molecule has 4 aromatic rings. The first kappa shape index (κ1) is 26.1. The van der Waals surface area contributed by atoms with Gasteiger partial charge in [0, 0.05) is 10.6 Å². The molecule has 9 nitrogen and oxygen atoms in total. The second-order valence-electron chi connectivity index (χ2n) is 7.89. The number of phenolic OH excluding ortho intramolecular Hbond substituents is 1. The first-order valence-electron chi connectivity index (χ1n) is 11.1. The molecule has 1 amide bonds. The minimum atomic E-state index is -0.318. The summed E-state index contributed by atoms with van der Waals surface area (Å²) in [4.78, 5) is 12.5. The number of phenols is 1. The van der Waals surface area contributed by atoms with E-state index in [-0.39, 0.29) is 28.9 Å². The van der Waals surface area contributed by atoms with E-state index in [4.69, 9.17) is 21.1 Å². The van der Waals surface area contributed by atoms with Crippen LogP contribution < -0.4 is 19.5 Å². The van der Waals surface area contributed by atoms with E-state index in [1.807, 2.05) is 47.9 Å². The van der Waals surface area contributed by atoms with Crippen molar-refractivity contribution in [1.29, 1.82) is 0 Å². The van der Waals surface area contributed by atoms with E-state index in [2.05, 4.69) is 20.7 Å². The number of nitrogens with zero attached hydrogens (tertiary/aromatic N) is 3. The van der Waals surface area contributed by atoms with Crippen molar-refractivity contribution >= 4 is 35.5 Å². The Labute approximate surface area is 223 Å². The quantitative estimate of drug-likeness (QED) is 0.127. The molecule has 0 aliphatic rings. The van der Waals surface area contributed by atoms with E-state index in [1.54, 1.807) is 24.3 Å². The molecule has 1 heterocycles. The number of amides is 1. The molecule has 0 fully saturated rings. The Morgan fingerprint density at radius 1 is 1.14 bits per heavy atom. The third-order valence-electron chi connectivity index (χ3n) is 5.32. The van der Waals surface area contributed by atoms with Gasteiger partial charge < -0.3 is 14.6 Å². The summed E-state index contributed by atoms with van der Waals surface area (Å²) >= 11 is 7.36. The average molecular weight is 539 g/mol. The Balaban J connectivity index is 1.49. The molecule has 4 rings (SSSR count). The highest BCUT2D eigenvalue weighted by Gasteiger charge is 2.24. The number of nitrogens with one attached hydrogen (secondary N) is 2. The van der Waals surface area contributed by atoms with Crippen molar-refractivity contribution in [2.24, 2.45) is 5.10 Å². The van der Waals surface area contributed by atoms with Gasteiger partial charge >= 0.3 is 5.16 Å². The zero-order valence-electron chi connectivity index (χ0n) is 20.4. The van der Waals surface area contributed by atoms with Gasteiger partial charge in [0.1, 0.15) is 5.69 Å². The smallest absolute Gasteiger partial charge is 0.342 e. The Bertz CT molecular complexity index is 1400. The summed E-state index contributed by atoms with van der Waals surface area (Å²) in [5.41, 5.74) is 6.04. The molecule has 37 heavy (non-hydrogen) atoms. The van der Waals surface area contributed by atoms with Crippen molar-refractivity contribution in [3.8, 4) is 34.3 Å². The van der Waals surface area contributed by atoms with Crippen LogP contribution in [0.15, 0.2) is 70.9 Å². The Kier molecular flexibility index (Phi) is 8.32. The number of H-pyrrole nitrogens is 1. The minimum absolute atomic E-state index is 0.0747. The monoisotopic (exact) mass is 538 g/mol. The lowest BCUT2D eigenvalue weighted by atomic mass is 10.1. The molecule has 0 spiro atoms. The number of rotatable bonds is 9. The van der Waals surface area contributed by atoms with Crippen LogP contribution in [0.3, 0.4) is 0 Å². The molecule has 1 aromatic heterocycles. The summed E-state index contributed by atoms with van der Waals surface area (Å²) in [6.45, 7) is 2.03. The lowest BCUT2D eigenvalue weighted by Gasteiger charge is -2.09. The third-order valence-corrected chi connectivity index (χ3v) is 6.51. The number of benzene rings is 3. The second-order valence-corrected chi connectivity index (χ2v) is 9.27. The molecule has 0 saturated carbocycles. The second kappa shape index (κ2) is 11.8. The highest BCUT2D eigenvalue weighted by Crippen LogP contribution is 2.36.